The number of para-hydroxylation sites is 1. The predicted octanol–water partition coefficient (Wildman–Crippen LogP) is 4.09. The Kier molecular flexibility index (Phi) is 4.26. The minimum atomic E-state index is -0.496. The number of fused-ring (bicyclic) bond motifs is 1. The van der Waals surface area contributed by atoms with E-state index in [9.17, 15) is 9.59 Å². The van der Waals surface area contributed by atoms with Crippen LogP contribution in [0, 0.1) is 0 Å². The fourth-order valence-corrected chi connectivity index (χ4v) is 2.90. The number of rotatable bonds is 4. The zero-order valence-electron chi connectivity index (χ0n) is 14.5. The Labute approximate surface area is 154 Å². The molecule has 0 aliphatic carbocycles. The molecule has 1 heterocycles. The molecule has 4 rings (SSSR count). The maximum absolute atomic E-state index is 13.1. The number of carbonyl (C=O) groups is 1. The second kappa shape index (κ2) is 6.88. The van der Waals surface area contributed by atoms with Crippen LogP contribution in [0.5, 0.6) is 5.75 Å². The zero-order valence-corrected chi connectivity index (χ0v) is 14.5. The van der Waals surface area contributed by atoms with E-state index in [0.29, 0.717) is 33.3 Å². The summed E-state index contributed by atoms with van der Waals surface area (Å²) in [6.07, 6.45) is 0. The second-order valence-electron chi connectivity index (χ2n) is 5.93. The van der Waals surface area contributed by atoms with E-state index in [4.69, 9.17) is 9.15 Å². The molecule has 3 aromatic carbocycles. The van der Waals surface area contributed by atoms with Gasteiger partial charge in [-0.1, -0.05) is 42.5 Å². The lowest BCUT2D eigenvalue weighted by atomic mass is 9.97. The normalized spacial score (nSPS) is 10.7. The monoisotopic (exact) mass is 357 g/mol. The minimum Gasteiger partial charge on any atom is -0.497 e. The molecule has 0 spiro atoms. The Balaban J connectivity index is 1.93. The van der Waals surface area contributed by atoms with Gasteiger partial charge in [0.25, 0.3) is 0 Å². The number of methoxy groups -OCH3 is 1. The van der Waals surface area contributed by atoms with Crippen molar-refractivity contribution in [3.8, 4) is 17.2 Å². The van der Waals surface area contributed by atoms with Gasteiger partial charge >= 0.3 is 5.63 Å². The largest absolute Gasteiger partial charge is 0.497 e. The summed E-state index contributed by atoms with van der Waals surface area (Å²) in [4.78, 5) is 29.8. The summed E-state index contributed by atoms with van der Waals surface area (Å²) in [6.45, 7) is 0. The summed E-state index contributed by atoms with van der Waals surface area (Å²) in [7, 11) is 1.53. The number of ether oxygens (including phenoxy) is 1. The van der Waals surface area contributed by atoms with Crippen molar-refractivity contribution in [3.63, 3.8) is 0 Å². The highest BCUT2D eigenvalue weighted by Gasteiger charge is 2.19. The average Bonchev–Trinajstić information content (AvgIpc) is 2.73. The van der Waals surface area contributed by atoms with Crippen molar-refractivity contribution in [2.24, 2.45) is 0 Å². The highest BCUT2D eigenvalue weighted by Crippen LogP contribution is 2.28. The number of aromatic nitrogens is 1. The fraction of sp³-hybridized carbons (Fsp3) is 0.0455. The molecule has 0 amide bonds. The van der Waals surface area contributed by atoms with Crippen LogP contribution < -0.4 is 10.4 Å². The van der Waals surface area contributed by atoms with Crippen molar-refractivity contribution >= 4 is 16.7 Å². The number of nitrogens with zero attached hydrogens (tertiary/aromatic N) is 1. The van der Waals surface area contributed by atoms with Gasteiger partial charge in [0.15, 0.2) is 5.78 Å². The first-order chi connectivity index (χ1) is 13.2. The molecule has 0 radical (unpaired) electrons. The van der Waals surface area contributed by atoms with Gasteiger partial charge in [0.05, 0.1) is 18.0 Å². The summed E-state index contributed by atoms with van der Waals surface area (Å²) in [5.74, 6) is 0.420. The quantitative estimate of drug-likeness (QED) is 0.515. The number of hydrogen-bond acceptors (Lipinski definition) is 5. The van der Waals surface area contributed by atoms with Gasteiger partial charge in [-0.3, -0.25) is 4.79 Å². The smallest absolute Gasteiger partial charge is 0.347 e. The van der Waals surface area contributed by atoms with Crippen molar-refractivity contribution in [1.82, 2.24) is 4.98 Å². The van der Waals surface area contributed by atoms with Crippen molar-refractivity contribution in [2.45, 2.75) is 0 Å². The van der Waals surface area contributed by atoms with E-state index in [1.165, 1.54) is 7.11 Å². The zero-order chi connectivity index (χ0) is 18.8. The second-order valence-corrected chi connectivity index (χ2v) is 5.93. The molecule has 0 aliphatic heterocycles. The Hall–Kier alpha value is -3.73. The predicted molar refractivity (Wildman–Crippen MR) is 102 cm³/mol. The van der Waals surface area contributed by atoms with Crippen LogP contribution in [0.2, 0.25) is 0 Å². The first kappa shape index (κ1) is 16.7. The highest BCUT2D eigenvalue weighted by atomic mass is 16.5. The van der Waals surface area contributed by atoms with Gasteiger partial charge < -0.3 is 9.15 Å². The van der Waals surface area contributed by atoms with E-state index in [1.807, 2.05) is 6.07 Å². The van der Waals surface area contributed by atoms with Gasteiger partial charge in [0.2, 0.25) is 5.89 Å². The van der Waals surface area contributed by atoms with Crippen molar-refractivity contribution in [1.29, 1.82) is 0 Å². The summed E-state index contributed by atoms with van der Waals surface area (Å²) in [5.41, 5.74) is 1.33. The van der Waals surface area contributed by atoms with E-state index < -0.39 is 5.63 Å². The molecule has 0 bridgehead atoms. The Morgan fingerprint density at radius 3 is 2.48 bits per heavy atom. The molecule has 0 N–H and O–H groups in total. The maximum atomic E-state index is 13.1. The third kappa shape index (κ3) is 3.11. The molecule has 0 saturated carbocycles. The first-order valence-electron chi connectivity index (χ1n) is 8.35. The molecule has 0 fully saturated rings. The van der Waals surface area contributed by atoms with Crippen molar-refractivity contribution < 1.29 is 13.9 Å². The lowest BCUT2D eigenvalue weighted by Crippen LogP contribution is -2.07. The summed E-state index contributed by atoms with van der Waals surface area (Å²) in [5, 5.41) is 0.394. The molecule has 132 valence electrons. The van der Waals surface area contributed by atoms with Gasteiger partial charge in [-0.15, -0.1) is 0 Å². The lowest BCUT2D eigenvalue weighted by Gasteiger charge is -2.10. The van der Waals surface area contributed by atoms with Gasteiger partial charge in [-0.25, -0.2) is 9.78 Å². The van der Waals surface area contributed by atoms with Crippen LogP contribution in [-0.2, 0) is 0 Å². The van der Waals surface area contributed by atoms with Crippen LogP contribution in [0.3, 0.4) is 0 Å². The molecule has 27 heavy (non-hydrogen) atoms. The first-order valence-corrected chi connectivity index (χ1v) is 8.35. The Bertz CT molecular complexity index is 1200. The van der Waals surface area contributed by atoms with Crippen LogP contribution in [0.25, 0.3) is 22.4 Å². The molecule has 0 aliphatic rings. The van der Waals surface area contributed by atoms with Gasteiger partial charge in [-0.05, 0) is 30.3 Å². The van der Waals surface area contributed by atoms with E-state index in [2.05, 4.69) is 4.98 Å². The van der Waals surface area contributed by atoms with Gasteiger partial charge in [-0.2, -0.15) is 0 Å². The molecular formula is C22H15NO4. The fourth-order valence-electron chi connectivity index (χ4n) is 2.90. The van der Waals surface area contributed by atoms with Crippen LogP contribution in [0.15, 0.2) is 82.0 Å². The third-order valence-electron chi connectivity index (χ3n) is 4.27. The molecule has 0 atom stereocenters. The summed E-state index contributed by atoms with van der Waals surface area (Å²) < 4.78 is 10.7. The van der Waals surface area contributed by atoms with Crippen molar-refractivity contribution in [3.05, 3.63) is 94.3 Å². The molecule has 1 aromatic heterocycles. The molecule has 5 nitrogen and oxygen atoms in total. The molecular weight excluding hydrogens is 342 g/mol. The van der Waals surface area contributed by atoms with Gasteiger partial charge in [0.1, 0.15) is 5.75 Å². The number of benzene rings is 3. The lowest BCUT2D eigenvalue weighted by molar-refractivity contribution is 0.103. The van der Waals surface area contributed by atoms with Gasteiger partial charge in [0, 0.05) is 16.7 Å². The Morgan fingerprint density at radius 1 is 0.963 bits per heavy atom. The molecule has 0 unspecified atom stereocenters. The minimum absolute atomic E-state index is 0.0978. The third-order valence-corrected chi connectivity index (χ3v) is 4.27. The highest BCUT2D eigenvalue weighted by molar-refractivity contribution is 6.12. The standard InChI is InChI=1S/C22H15NO4/c1-26-15-11-12-16(18(13-15)20(24)14-7-3-2-4-8-14)21-23-19-10-6-5-9-17(19)22(25)27-21/h2-13H,1H3. The number of ketones is 1. The Morgan fingerprint density at radius 2 is 1.70 bits per heavy atom. The average molecular weight is 357 g/mol. The van der Waals surface area contributed by atoms with Crippen LogP contribution >= 0.6 is 0 Å². The van der Waals surface area contributed by atoms with E-state index in [-0.39, 0.29) is 11.7 Å². The molecule has 4 aromatic rings. The van der Waals surface area contributed by atoms with Crippen LogP contribution in [-0.4, -0.2) is 17.9 Å². The van der Waals surface area contributed by atoms with E-state index >= 15 is 0 Å². The maximum Gasteiger partial charge on any atom is 0.347 e. The number of carbonyl (C=O) groups excluding carboxylic acids is 1. The summed E-state index contributed by atoms with van der Waals surface area (Å²) >= 11 is 0. The van der Waals surface area contributed by atoms with Crippen LogP contribution in [0.4, 0.5) is 0 Å². The van der Waals surface area contributed by atoms with E-state index in [0.717, 1.165) is 0 Å². The van der Waals surface area contributed by atoms with E-state index in [1.54, 1.807) is 66.7 Å². The summed E-state index contributed by atoms with van der Waals surface area (Å²) in [6, 6.07) is 20.8. The molecule has 0 saturated heterocycles. The molecule has 5 heteroatoms. The van der Waals surface area contributed by atoms with Crippen molar-refractivity contribution in [2.75, 3.05) is 7.11 Å². The topological polar surface area (TPSA) is 69.4 Å². The van der Waals surface area contributed by atoms with Crippen LogP contribution in [0.1, 0.15) is 15.9 Å². The SMILES string of the molecule is COc1ccc(-c2nc3ccccc3c(=O)o2)c(C(=O)c2ccccc2)c1. The number of hydrogen-bond donors (Lipinski definition) is 0.